The van der Waals surface area contributed by atoms with Gasteiger partial charge in [-0.05, 0) is 12.6 Å². The molecule has 0 saturated heterocycles. The Labute approximate surface area is 161 Å². The molecule has 0 bridgehead atoms. The predicted molar refractivity (Wildman–Crippen MR) is 92.8 cm³/mol. The van der Waals surface area contributed by atoms with Gasteiger partial charge in [-0.3, -0.25) is 14.5 Å². The Kier molecular flexibility index (Phi) is 8.60. The van der Waals surface area contributed by atoms with Crippen molar-refractivity contribution in [1.82, 2.24) is 4.90 Å². The van der Waals surface area contributed by atoms with Crippen LogP contribution >= 0.6 is 0 Å². The Balaban J connectivity index is 0.000000620. The van der Waals surface area contributed by atoms with E-state index in [1.807, 2.05) is 12.1 Å². The third kappa shape index (κ3) is 6.03. The van der Waals surface area contributed by atoms with Crippen LogP contribution < -0.4 is 0 Å². The van der Waals surface area contributed by atoms with Gasteiger partial charge in [0, 0.05) is 27.2 Å². The second-order valence-corrected chi connectivity index (χ2v) is 5.94. The van der Waals surface area contributed by atoms with Crippen LogP contribution in [0.15, 0.2) is 41.1 Å². The summed E-state index contributed by atoms with van der Waals surface area (Å²) in [6, 6.07) is 9.67. The Bertz CT molecular complexity index is 705. The van der Waals surface area contributed by atoms with Crippen molar-refractivity contribution in [2.45, 2.75) is 27.7 Å². The maximum atomic E-state index is 12.1. The molecule has 2 N–H and O–H groups in total. The fourth-order valence-electron chi connectivity index (χ4n) is 2.16. The first-order valence-corrected chi connectivity index (χ1v) is 7.35. The second-order valence-electron chi connectivity index (χ2n) is 5.94. The summed E-state index contributed by atoms with van der Waals surface area (Å²) in [6.07, 6.45) is 1.28. The SMILES string of the molecule is CC(=[OH+])/C=C(/C)O.CN1C(=O)N=C(c2[c-]cccc2)C(C)(C)C1=O.[Ir]. The van der Waals surface area contributed by atoms with E-state index in [-0.39, 0.29) is 37.6 Å². The van der Waals surface area contributed by atoms with Gasteiger partial charge >= 0.3 is 11.8 Å². The van der Waals surface area contributed by atoms with Crippen LogP contribution in [0.25, 0.3) is 0 Å². The third-order valence-electron chi connectivity index (χ3n) is 3.31. The summed E-state index contributed by atoms with van der Waals surface area (Å²) in [6.45, 7) is 6.52. The molecule has 25 heavy (non-hydrogen) atoms. The van der Waals surface area contributed by atoms with Gasteiger partial charge in [0.05, 0.1) is 24.2 Å². The van der Waals surface area contributed by atoms with Crippen LogP contribution in [0.3, 0.4) is 0 Å². The average Bonchev–Trinajstić information content (AvgIpc) is 2.49. The first kappa shape index (κ1) is 22.9. The normalized spacial score (nSPS) is 16.3. The van der Waals surface area contributed by atoms with E-state index in [1.165, 1.54) is 27.0 Å². The Morgan fingerprint density at radius 1 is 1.32 bits per heavy atom. The number of aliphatic hydroxyl groups is 1. The fourth-order valence-corrected chi connectivity index (χ4v) is 2.16. The van der Waals surface area contributed by atoms with Gasteiger partial charge < -0.3 is 5.11 Å². The van der Waals surface area contributed by atoms with Crippen LogP contribution in [-0.4, -0.2) is 45.3 Å². The molecule has 0 spiro atoms. The summed E-state index contributed by atoms with van der Waals surface area (Å²) < 4.78 is 0. The molecule has 0 aromatic heterocycles. The van der Waals surface area contributed by atoms with Gasteiger partial charge in [0.2, 0.25) is 5.91 Å². The minimum atomic E-state index is -0.805. The van der Waals surface area contributed by atoms with Gasteiger partial charge in [0.1, 0.15) is 0 Å². The van der Waals surface area contributed by atoms with Crippen molar-refractivity contribution in [2.24, 2.45) is 10.4 Å². The number of amides is 3. The van der Waals surface area contributed by atoms with Crippen LogP contribution in [0, 0.1) is 11.5 Å². The van der Waals surface area contributed by atoms with E-state index >= 15 is 0 Å². The predicted octanol–water partition coefficient (Wildman–Crippen LogP) is 2.90. The van der Waals surface area contributed by atoms with E-state index in [4.69, 9.17) is 9.90 Å². The van der Waals surface area contributed by atoms with Crippen molar-refractivity contribution >= 4 is 23.4 Å². The van der Waals surface area contributed by atoms with Gasteiger partial charge in [-0.15, -0.1) is 35.9 Å². The van der Waals surface area contributed by atoms with E-state index in [2.05, 4.69) is 11.1 Å². The van der Waals surface area contributed by atoms with Gasteiger partial charge in [0.15, 0.2) is 0 Å². The zero-order valence-corrected chi connectivity index (χ0v) is 17.2. The van der Waals surface area contributed by atoms with Crippen LogP contribution in [0.4, 0.5) is 4.79 Å². The minimum Gasteiger partial charge on any atom is -0.512 e. The number of carbonyl (C=O) groups is 2. The summed E-state index contributed by atoms with van der Waals surface area (Å²) in [5.74, 6) is 0.00440. The number of rotatable bonds is 2. The van der Waals surface area contributed by atoms with Crippen molar-refractivity contribution < 1.29 is 39.6 Å². The number of benzene rings is 1. The number of imide groups is 1. The van der Waals surface area contributed by atoms with Crippen molar-refractivity contribution in [3.05, 3.63) is 47.7 Å². The van der Waals surface area contributed by atoms with Crippen molar-refractivity contribution in [3.63, 3.8) is 0 Å². The van der Waals surface area contributed by atoms with E-state index in [9.17, 15) is 9.59 Å². The average molecular weight is 523 g/mol. The van der Waals surface area contributed by atoms with Crippen LogP contribution in [0.2, 0.25) is 0 Å². The maximum Gasteiger partial charge on any atom is 0.340 e. The molecule has 1 aromatic carbocycles. The minimum absolute atomic E-state index is 0. The number of aliphatic imine (C=N–C) groups is 1. The molecule has 7 heteroatoms. The van der Waals surface area contributed by atoms with E-state index in [0.717, 1.165) is 4.90 Å². The summed E-state index contributed by atoms with van der Waals surface area (Å²) in [5.41, 5.74) is 0.360. The number of urea groups is 1. The standard InChI is InChI=1S/C13H13N2O2.C5H8O2.Ir/c1-13(2)10(9-7-5-4-6-8-9)14-12(17)15(3)11(13)16;1-4(6)3-5(2)7;/h4-7H,1-3H3;3,6H,1-2H3;/q-1;;/p+1/b;4-3-;. The molecule has 0 atom stereocenters. The monoisotopic (exact) mass is 523 g/mol. The quantitative estimate of drug-likeness (QED) is 0.280. The smallest absolute Gasteiger partial charge is 0.340 e. The molecule has 0 aliphatic carbocycles. The first-order valence-electron chi connectivity index (χ1n) is 7.35. The molecule has 3 amide bonds. The fraction of sp³-hybridized carbons (Fsp3) is 0.333. The summed E-state index contributed by atoms with van der Waals surface area (Å²) in [4.78, 5) is 37.1. The molecule has 137 valence electrons. The van der Waals surface area contributed by atoms with E-state index in [0.29, 0.717) is 11.3 Å². The van der Waals surface area contributed by atoms with Crippen LogP contribution in [0.5, 0.6) is 0 Å². The maximum absolute atomic E-state index is 12.1. The van der Waals surface area contributed by atoms with Crippen LogP contribution in [-0.2, 0) is 24.9 Å². The molecule has 0 unspecified atom stereocenters. The number of carbonyl (C=O) groups excluding carboxylic acids is 3. The number of ketones is 1. The Hall–Kier alpha value is -2.11. The van der Waals surface area contributed by atoms with Gasteiger partial charge in [0.25, 0.3) is 0 Å². The van der Waals surface area contributed by atoms with Crippen molar-refractivity contribution in [2.75, 3.05) is 7.05 Å². The van der Waals surface area contributed by atoms with Gasteiger partial charge in [-0.1, -0.05) is 13.8 Å². The van der Waals surface area contributed by atoms with Crippen molar-refractivity contribution in [1.29, 1.82) is 0 Å². The summed E-state index contributed by atoms with van der Waals surface area (Å²) in [5, 5.41) is 8.40. The molecule has 1 heterocycles. The van der Waals surface area contributed by atoms with E-state index < -0.39 is 11.4 Å². The molecule has 1 aromatic rings. The molecular weight excluding hydrogens is 500 g/mol. The third-order valence-corrected chi connectivity index (χ3v) is 3.31. The number of hydrogen-bond acceptors (Lipinski definition) is 3. The van der Waals surface area contributed by atoms with Crippen molar-refractivity contribution in [3.8, 4) is 0 Å². The Morgan fingerprint density at radius 3 is 2.32 bits per heavy atom. The number of aliphatic hydroxyl groups excluding tert-OH is 1. The number of hydrogen-bond donors (Lipinski definition) is 1. The zero-order chi connectivity index (χ0) is 18.5. The number of allylic oxidation sites excluding steroid dienone is 2. The first-order chi connectivity index (χ1) is 11.1. The topological polar surface area (TPSA) is 91.4 Å². The largest absolute Gasteiger partial charge is 0.512 e. The molecular formula is C18H22IrN2O4. The summed E-state index contributed by atoms with van der Waals surface area (Å²) in [7, 11) is 1.45. The van der Waals surface area contributed by atoms with Gasteiger partial charge in [-0.2, -0.15) is 0 Å². The molecule has 1 aliphatic heterocycles. The molecule has 2 rings (SSSR count). The van der Waals surface area contributed by atoms with Gasteiger partial charge in [-0.25, -0.2) is 9.79 Å². The zero-order valence-electron chi connectivity index (χ0n) is 14.8. The molecule has 1 radical (unpaired) electrons. The number of nitrogens with zero attached hydrogens (tertiary/aromatic N) is 2. The molecule has 6 nitrogen and oxygen atoms in total. The Morgan fingerprint density at radius 2 is 1.92 bits per heavy atom. The second kappa shape index (κ2) is 9.39. The molecule has 0 fully saturated rings. The molecule has 0 saturated carbocycles. The van der Waals surface area contributed by atoms with E-state index in [1.54, 1.807) is 26.0 Å². The van der Waals surface area contributed by atoms with Crippen LogP contribution in [0.1, 0.15) is 33.3 Å². The molecule has 1 aliphatic rings. The summed E-state index contributed by atoms with van der Waals surface area (Å²) >= 11 is 0.